The lowest BCUT2D eigenvalue weighted by atomic mass is 9.97. The highest BCUT2D eigenvalue weighted by Crippen LogP contribution is 2.31. The van der Waals surface area contributed by atoms with Crippen LogP contribution in [0.5, 0.6) is 0 Å². The number of alkyl carbamates (subject to hydrolysis) is 1. The van der Waals surface area contributed by atoms with Crippen molar-refractivity contribution >= 4 is 17.7 Å². The van der Waals surface area contributed by atoms with Gasteiger partial charge in [-0.3, -0.25) is 9.50 Å². The number of rotatable bonds is 6. The van der Waals surface area contributed by atoms with E-state index in [4.69, 9.17) is 4.74 Å². The number of benzene rings is 3. The zero-order valence-corrected chi connectivity index (χ0v) is 19.4. The van der Waals surface area contributed by atoms with E-state index in [2.05, 4.69) is 10.6 Å². The van der Waals surface area contributed by atoms with Crippen LogP contribution >= 0.6 is 0 Å². The molecule has 2 N–H and O–H groups in total. The molecule has 8 heteroatoms. The first-order valence-electron chi connectivity index (χ1n) is 11.2. The second-order valence-corrected chi connectivity index (χ2v) is 8.42. The number of ether oxygens (including phenoxy) is 1. The van der Waals surface area contributed by atoms with Gasteiger partial charge in [-0.1, -0.05) is 48.5 Å². The van der Waals surface area contributed by atoms with Gasteiger partial charge in [0.2, 0.25) is 0 Å². The molecule has 3 aromatic carbocycles. The summed E-state index contributed by atoms with van der Waals surface area (Å²) in [6, 6.07) is 18.7. The lowest BCUT2D eigenvalue weighted by Gasteiger charge is -2.14. The van der Waals surface area contributed by atoms with Gasteiger partial charge in [0.25, 0.3) is 11.8 Å². The second kappa shape index (κ2) is 10.6. The molecule has 5 nitrogen and oxygen atoms in total. The average Bonchev–Trinajstić information content (AvgIpc) is 3.20. The molecule has 0 unspecified atom stereocenters. The Morgan fingerprint density at radius 2 is 1.69 bits per heavy atom. The lowest BCUT2D eigenvalue weighted by Crippen LogP contribution is -2.35. The van der Waals surface area contributed by atoms with E-state index < -0.39 is 12.0 Å². The largest absolute Gasteiger partial charge is 0.450 e. The van der Waals surface area contributed by atoms with Crippen LogP contribution in [-0.4, -0.2) is 24.6 Å². The first-order valence-corrected chi connectivity index (χ1v) is 11.2. The van der Waals surface area contributed by atoms with Crippen molar-refractivity contribution in [3.63, 3.8) is 0 Å². The maximum absolute atomic E-state index is 13.6. The standard InChI is InChI=1S/C27H26F2N2O3.FH/c1-3-34-26(33)31-22-14-18-10-13-21(15-19(18)16-22)30-25(32)24-7-5-4-6-23(24)17-8-11-20(12-9-17)27(2,28)29;/h4-13,15,22H,3,14,16H2,1-2H3,(H,30,32)(H,31,33);1H/t22-;/m1./s1. The predicted octanol–water partition coefficient (Wildman–Crippen LogP) is 6.08. The summed E-state index contributed by atoms with van der Waals surface area (Å²) < 4.78 is 32.1. The number of anilines is 1. The van der Waals surface area contributed by atoms with Crippen LogP contribution in [-0.2, 0) is 23.5 Å². The van der Waals surface area contributed by atoms with Crippen molar-refractivity contribution in [2.75, 3.05) is 11.9 Å². The van der Waals surface area contributed by atoms with Gasteiger partial charge in [0.15, 0.2) is 0 Å². The van der Waals surface area contributed by atoms with Crippen molar-refractivity contribution < 1.29 is 27.8 Å². The molecule has 0 heterocycles. The van der Waals surface area contributed by atoms with Crippen molar-refractivity contribution in [3.8, 4) is 11.1 Å². The molecular weight excluding hydrogens is 457 g/mol. The first kappa shape index (κ1) is 25.8. The Kier molecular flexibility index (Phi) is 7.84. The van der Waals surface area contributed by atoms with Gasteiger partial charge in [-0.05, 0) is 60.2 Å². The van der Waals surface area contributed by atoms with Gasteiger partial charge in [0.1, 0.15) is 0 Å². The minimum absolute atomic E-state index is 0. The molecule has 1 aliphatic rings. The van der Waals surface area contributed by atoms with E-state index in [0.29, 0.717) is 41.8 Å². The molecule has 0 bridgehead atoms. The Morgan fingerprint density at radius 3 is 2.37 bits per heavy atom. The molecule has 3 aromatic rings. The van der Waals surface area contributed by atoms with Gasteiger partial charge < -0.3 is 15.4 Å². The van der Waals surface area contributed by atoms with Crippen LogP contribution in [0.3, 0.4) is 0 Å². The van der Waals surface area contributed by atoms with Crippen LogP contribution in [0.4, 0.5) is 24.0 Å². The summed E-state index contributed by atoms with van der Waals surface area (Å²) >= 11 is 0. The number of hydrogen-bond donors (Lipinski definition) is 2. The average molecular weight is 485 g/mol. The lowest BCUT2D eigenvalue weighted by molar-refractivity contribution is 0.0175. The third-order valence-electron chi connectivity index (χ3n) is 5.87. The van der Waals surface area contributed by atoms with E-state index >= 15 is 0 Å². The molecule has 2 amide bonds. The molecule has 35 heavy (non-hydrogen) atoms. The molecule has 1 aliphatic carbocycles. The summed E-state index contributed by atoms with van der Waals surface area (Å²) in [5.74, 6) is -3.21. The highest BCUT2D eigenvalue weighted by atomic mass is 19.3. The summed E-state index contributed by atoms with van der Waals surface area (Å²) in [4.78, 5) is 24.8. The fourth-order valence-corrected chi connectivity index (χ4v) is 4.21. The molecule has 0 fully saturated rings. The van der Waals surface area contributed by atoms with Gasteiger partial charge in [-0.15, -0.1) is 0 Å². The van der Waals surface area contributed by atoms with Gasteiger partial charge >= 0.3 is 6.09 Å². The number of hydrogen-bond acceptors (Lipinski definition) is 3. The number of fused-ring (bicyclic) bond motifs is 1. The number of halogens is 3. The quantitative estimate of drug-likeness (QED) is 0.445. The van der Waals surface area contributed by atoms with Crippen molar-refractivity contribution in [2.24, 2.45) is 0 Å². The maximum atomic E-state index is 13.6. The van der Waals surface area contributed by atoms with Crippen LogP contribution in [0.1, 0.15) is 40.9 Å². The Bertz CT molecular complexity index is 1210. The van der Waals surface area contributed by atoms with Crippen LogP contribution in [0.25, 0.3) is 11.1 Å². The van der Waals surface area contributed by atoms with Gasteiger partial charge in [-0.25, -0.2) is 13.6 Å². The molecule has 4 rings (SSSR count). The van der Waals surface area contributed by atoms with E-state index in [0.717, 1.165) is 18.1 Å². The molecule has 184 valence electrons. The fourth-order valence-electron chi connectivity index (χ4n) is 4.21. The summed E-state index contributed by atoms with van der Waals surface area (Å²) in [6.07, 6.45) is 0.932. The second-order valence-electron chi connectivity index (χ2n) is 8.42. The summed E-state index contributed by atoms with van der Waals surface area (Å²) in [6.45, 7) is 2.93. The maximum Gasteiger partial charge on any atom is 0.407 e. The zero-order valence-electron chi connectivity index (χ0n) is 19.4. The molecule has 0 saturated heterocycles. The van der Waals surface area contributed by atoms with Crippen LogP contribution in [0.2, 0.25) is 0 Å². The smallest absolute Gasteiger partial charge is 0.407 e. The fraction of sp³-hybridized carbons (Fsp3) is 0.259. The van der Waals surface area contributed by atoms with E-state index in [1.807, 2.05) is 18.2 Å². The Hall–Kier alpha value is -3.81. The molecule has 0 aromatic heterocycles. The SMILES string of the molecule is CCOC(=O)N[C@@H]1Cc2ccc(NC(=O)c3ccccc3-c3ccc(C(C)(F)F)cc3)cc2C1.F. The van der Waals surface area contributed by atoms with Crippen LogP contribution < -0.4 is 10.6 Å². The number of carbonyl (C=O) groups excluding carboxylic acids is 2. The Labute approximate surface area is 201 Å². The number of nitrogens with one attached hydrogen (secondary N) is 2. The van der Waals surface area contributed by atoms with Crippen LogP contribution in [0, 0.1) is 0 Å². The topological polar surface area (TPSA) is 67.4 Å². The molecule has 0 spiro atoms. The zero-order chi connectivity index (χ0) is 24.3. The number of amides is 2. The van der Waals surface area contributed by atoms with E-state index in [9.17, 15) is 18.4 Å². The molecule has 0 aliphatic heterocycles. The van der Waals surface area contributed by atoms with E-state index in [1.54, 1.807) is 43.3 Å². The minimum atomic E-state index is -2.92. The summed E-state index contributed by atoms with van der Waals surface area (Å²) in [7, 11) is 0. The van der Waals surface area contributed by atoms with Gasteiger partial charge in [0.05, 0.1) is 6.61 Å². The summed E-state index contributed by atoms with van der Waals surface area (Å²) in [5.41, 5.74) is 4.53. The van der Waals surface area contributed by atoms with Crippen molar-refractivity contribution in [3.05, 3.63) is 89.0 Å². The monoisotopic (exact) mass is 484 g/mol. The predicted molar refractivity (Wildman–Crippen MR) is 130 cm³/mol. The van der Waals surface area contributed by atoms with Gasteiger partial charge in [0, 0.05) is 29.8 Å². The normalized spacial score (nSPS) is 14.5. The van der Waals surface area contributed by atoms with Crippen LogP contribution in [0.15, 0.2) is 66.7 Å². The van der Waals surface area contributed by atoms with Gasteiger partial charge in [-0.2, -0.15) is 0 Å². The Morgan fingerprint density at radius 1 is 1.00 bits per heavy atom. The number of carbonyl (C=O) groups is 2. The summed E-state index contributed by atoms with van der Waals surface area (Å²) in [5, 5.41) is 5.79. The van der Waals surface area contributed by atoms with E-state index in [-0.39, 0.29) is 22.2 Å². The van der Waals surface area contributed by atoms with Crippen molar-refractivity contribution in [1.82, 2.24) is 5.32 Å². The molecule has 0 radical (unpaired) electrons. The molecule has 0 saturated carbocycles. The minimum Gasteiger partial charge on any atom is -0.450 e. The third-order valence-corrected chi connectivity index (χ3v) is 5.87. The van der Waals surface area contributed by atoms with E-state index in [1.165, 1.54) is 12.1 Å². The van der Waals surface area contributed by atoms with Crippen molar-refractivity contribution in [2.45, 2.75) is 38.7 Å². The highest BCUT2D eigenvalue weighted by molar-refractivity contribution is 6.08. The van der Waals surface area contributed by atoms with Crippen molar-refractivity contribution in [1.29, 1.82) is 0 Å². The molecule has 1 atom stereocenters. The molecular formula is C27H27F3N2O3. The highest BCUT2D eigenvalue weighted by Gasteiger charge is 2.25. The third kappa shape index (κ3) is 6.01. The first-order chi connectivity index (χ1) is 16.2. The Balaban J connectivity index is 0.00000342. The number of alkyl halides is 2.